The molecule has 1 aliphatic heterocycles. The van der Waals surface area contributed by atoms with E-state index in [1.807, 2.05) is 29.2 Å². The SMILES string of the molecule is CCCN1CCN(c2ccc(N)cc2)C1=O. The number of benzene rings is 1. The Morgan fingerprint density at radius 3 is 2.56 bits per heavy atom. The molecule has 4 heteroatoms. The van der Waals surface area contributed by atoms with Gasteiger partial charge in [0, 0.05) is 31.0 Å². The number of urea groups is 1. The fourth-order valence-corrected chi connectivity index (χ4v) is 1.95. The molecule has 1 aromatic carbocycles. The third-order valence-electron chi connectivity index (χ3n) is 2.79. The summed E-state index contributed by atoms with van der Waals surface area (Å²) in [4.78, 5) is 15.7. The number of rotatable bonds is 3. The van der Waals surface area contributed by atoms with Gasteiger partial charge in [-0.3, -0.25) is 4.90 Å². The number of hydrogen-bond donors (Lipinski definition) is 1. The molecule has 2 amide bonds. The second-order valence-electron chi connectivity index (χ2n) is 4.01. The van der Waals surface area contributed by atoms with Gasteiger partial charge in [0.1, 0.15) is 0 Å². The van der Waals surface area contributed by atoms with Crippen LogP contribution in [-0.2, 0) is 0 Å². The van der Waals surface area contributed by atoms with Crippen LogP contribution in [0, 0.1) is 0 Å². The molecule has 2 N–H and O–H groups in total. The average Bonchev–Trinajstić information content (AvgIpc) is 2.63. The fraction of sp³-hybridized carbons (Fsp3) is 0.417. The van der Waals surface area contributed by atoms with Gasteiger partial charge in [0.05, 0.1) is 0 Å². The highest BCUT2D eigenvalue weighted by Crippen LogP contribution is 2.21. The monoisotopic (exact) mass is 219 g/mol. The topological polar surface area (TPSA) is 49.6 Å². The van der Waals surface area contributed by atoms with Gasteiger partial charge in [0.25, 0.3) is 0 Å². The molecule has 1 heterocycles. The van der Waals surface area contributed by atoms with E-state index in [2.05, 4.69) is 6.92 Å². The summed E-state index contributed by atoms with van der Waals surface area (Å²) < 4.78 is 0. The second kappa shape index (κ2) is 4.43. The molecule has 1 fully saturated rings. The van der Waals surface area contributed by atoms with E-state index in [1.165, 1.54) is 0 Å². The van der Waals surface area contributed by atoms with Crippen LogP contribution >= 0.6 is 0 Å². The molecule has 0 aliphatic carbocycles. The van der Waals surface area contributed by atoms with E-state index in [9.17, 15) is 4.79 Å². The molecule has 0 bridgehead atoms. The summed E-state index contributed by atoms with van der Waals surface area (Å²) in [7, 11) is 0. The van der Waals surface area contributed by atoms with Crippen LogP contribution in [-0.4, -0.2) is 30.6 Å². The van der Waals surface area contributed by atoms with Crippen molar-refractivity contribution in [2.24, 2.45) is 0 Å². The van der Waals surface area contributed by atoms with Crippen LogP contribution in [0.4, 0.5) is 16.2 Å². The van der Waals surface area contributed by atoms with Gasteiger partial charge in [0.2, 0.25) is 0 Å². The van der Waals surface area contributed by atoms with Gasteiger partial charge in [-0.25, -0.2) is 4.79 Å². The summed E-state index contributed by atoms with van der Waals surface area (Å²) in [6, 6.07) is 7.54. The third-order valence-corrected chi connectivity index (χ3v) is 2.79. The highest BCUT2D eigenvalue weighted by atomic mass is 16.2. The zero-order valence-corrected chi connectivity index (χ0v) is 9.52. The number of nitrogens with zero attached hydrogens (tertiary/aromatic N) is 2. The minimum Gasteiger partial charge on any atom is -0.399 e. The summed E-state index contributed by atoms with van der Waals surface area (Å²) in [5.41, 5.74) is 7.27. The van der Waals surface area contributed by atoms with Crippen LogP contribution in [0.5, 0.6) is 0 Å². The first kappa shape index (κ1) is 10.8. The minimum absolute atomic E-state index is 0.103. The van der Waals surface area contributed by atoms with Gasteiger partial charge in [-0.05, 0) is 30.7 Å². The van der Waals surface area contributed by atoms with Crippen molar-refractivity contribution in [1.29, 1.82) is 0 Å². The number of hydrogen-bond acceptors (Lipinski definition) is 2. The first-order valence-electron chi connectivity index (χ1n) is 5.64. The number of carbonyl (C=O) groups excluding carboxylic acids is 1. The average molecular weight is 219 g/mol. The largest absolute Gasteiger partial charge is 0.399 e. The Morgan fingerprint density at radius 2 is 1.94 bits per heavy atom. The first-order valence-corrected chi connectivity index (χ1v) is 5.64. The number of carbonyl (C=O) groups is 1. The van der Waals surface area contributed by atoms with Crippen LogP contribution in [0.15, 0.2) is 24.3 Å². The van der Waals surface area contributed by atoms with E-state index < -0.39 is 0 Å². The molecule has 0 spiro atoms. The molecule has 2 rings (SSSR count). The number of nitrogens with two attached hydrogens (primary N) is 1. The summed E-state index contributed by atoms with van der Waals surface area (Å²) in [5.74, 6) is 0. The molecule has 0 unspecified atom stereocenters. The van der Waals surface area contributed by atoms with E-state index >= 15 is 0 Å². The molecule has 1 saturated heterocycles. The molecule has 0 atom stereocenters. The number of nitrogen functional groups attached to an aromatic ring is 1. The lowest BCUT2D eigenvalue weighted by Crippen LogP contribution is -2.32. The quantitative estimate of drug-likeness (QED) is 0.789. The molecule has 16 heavy (non-hydrogen) atoms. The Labute approximate surface area is 95.6 Å². The predicted octanol–water partition coefficient (Wildman–Crippen LogP) is 1.92. The molecule has 86 valence electrons. The number of amides is 2. The van der Waals surface area contributed by atoms with Crippen molar-refractivity contribution >= 4 is 17.4 Å². The lowest BCUT2D eigenvalue weighted by Gasteiger charge is -2.18. The lowest BCUT2D eigenvalue weighted by molar-refractivity contribution is 0.220. The summed E-state index contributed by atoms with van der Waals surface area (Å²) in [6.45, 7) is 4.50. The van der Waals surface area contributed by atoms with E-state index in [0.717, 1.165) is 37.4 Å². The van der Waals surface area contributed by atoms with Crippen molar-refractivity contribution in [1.82, 2.24) is 4.90 Å². The van der Waals surface area contributed by atoms with E-state index in [4.69, 9.17) is 5.73 Å². The third kappa shape index (κ3) is 1.96. The van der Waals surface area contributed by atoms with Crippen LogP contribution in [0.2, 0.25) is 0 Å². The fourth-order valence-electron chi connectivity index (χ4n) is 1.95. The van der Waals surface area contributed by atoms with Gasteiger partial charge in [-0.2, -0.15) is 0 Å². The van der Waals surface area contributed by atoms with Crippen LogP contribution in [0.1, 0.15) is 13.3 Å². The van der Waals surface area contributed by atoms with Gasteiger partial charge < -0.3 is 10.6 Å². The van der Waals surface area contributed by atoms with Gasteiger partial charge in [0.15, 0.2) is 0 Å². The van der Waals surface area contributed by atoms with Gasteiger partial charge >= 0.3 is 6.03 Å². The molecule has 0 saturated carbocycles. The normalized spacial score (nSPS) is 15.9. The predicted molar refractivity (Wildman–Crippen MR) is 65.5 cm³/mol. The van der Waals surface area contributed by atoms with Crippen LogP contribution in [0.25, 0.3) is 0 Å². The zero-order valence-electron chi connectivity index (χ0n) is 9.52. The standard InChI is InChI=1S/C12H17N3O/c1-2-7-14-8-9-15(12(14)16)11-5-3-10(13)4-6-11/h3-6H,2,7-9,13H2,1H3. The highest BCUT2D eigenvalue weighted by Gasteiger charge is 2.28. The molecule has 0 aromatic heterocycles. The number of anilines is 2. The Kier molecular flexibility index (Phi) is 2.99. The van der Waals surface area contributed by atoms with Crippen LogP contribution in [0.3, 0.4) is 0 Å². The molecular weight excluding hydrogens is 202 g/mol. The molecule has 1 aliphatic rings. The van der Waals surface area contributed by atoms with E-state index in [1.54, 1.807) is 4.90 Å². The maximum atomic E-state index is 12.0. The van der Waals surface area contributed by atoms with Crippen molar-refractivity contribution < 1.29 is 4.79 Å². The Balaban J connectivity index is 2.12. The summed E-state index contributed by atoms with van der Waals surface area (Å²) in [6.07, 6.45) is 1.00. The highest BCUT2D eigenvalue weighted by molar-refractivity contribution is 5.94. The molecule has 0 radical (unpaired) electrons. The maximum absolute atomic E-state index is 12.0. The molecule has 1 aromatic rings. The van der Waals surface area contributed by atoms with E-state index in [0.29, 0.717) is 0 Å². The molecule has 4 nitrogen and oxygen atoms in total. The molecular formula is C12H17N3O. The Bertz CT molecular complexity index is 374. The minimum atomic E-state index is 0.103. The Morgan fingerprint density at radius 1 is 1.25 bits per heavy atom. The summed E-state index contributed by atoms with van der Waals surface area (Å²) >= 11 is 0. The van der Waals surface area contributed by atoms with Crippen LogP contribution < -0.4 is 10.6 Å². The van der Waals surface area contributed by atoms with Crippen molar-refractivity contribution in [2.75, 3.05) is 30.3 Å². The Hall–Kier alpha value is -1.71. The second-order valence-corrected chi connectivity index (χ2v) is 4.01. The smallest absolute Gasteiger partial charge is 0.324 e. The van der Waals surface area contributed by atoms with Crippen molar-refractivity contribution in [2.45, 2.75) is 13.3 Å². The van der Waals surface area contributed by atoms with Crippen molar-refractivity contribution in [3.63, 3.8) is 0 Å². The lowest BCUT2D eigenvalue weighted by atomic mass is 10.2. The van der Waals surface area contributed by atoms with E-state index in [-0.39, 0.29) is 6.03 Å². The first-order chi connectivity index (χ1) is 7.72. The zero-order chi connectivity index (χ0) is 11.5. The van der Waals surface area contributed by atoms with Crippen molar-refractivity contribution in [3.05, 3.63) is 24.3 Å². The maximum Gasteiger partial charge on any atom is 0.324 e. The van der Waals surface area contributed by atoms with Gasteiger partial charge in [-0.1, -0.05) is 6.92 Å². The van der Waals surface area contributed by atoms with Gasteiger partial charge in [-0.15, -0.1) is 0 Å². The summed E-state index contributed by atoms with van der Waals surface area (Å²) in [5, 5.41) is 0. The van der Waals surface area contributed by atoms with Crippen molar-refractivity contribution in [3.8, 4) is 0 Å².